The van der Waals surface area contributed by atoms with Gasteiger partial charge in [-0.2, -0.15) is 0 Å². The molecule has 1 aromatic heterocycles. The molecule has 0 saturated carbocycles. The van der Waals surface area contributed by atoms with Gasteiger partial charge in [-0.25, -0.2) is 0 Å². The van der Waals surface area contributed by atoms with Gasteiger partial charge in [-0.05, 0) is 59.9 Å². The smallest absolute Gasteiger partial charge is 0.165 e. The zero-order valence-electron chi connectivity index (χ0n) is 15.8. The predicted molar refractivity (Wildman–Crippen MR) is 109 cm³/mol. The molecule has 0 unspecified atom stereocenters. The van der Waals surface area contributed by atoms with E-state index in [1.165, 1.54) is 0 Å². The van der Waals surface area contributed by atoms with E-state index in [2.05, 4.69) is 18.4 Å². The summed E-state index contributed by atoms with van der Waals surface area (Å²) in [4.78, 5) is 12.8. The third-order valence-electron chi connectivity index (χ3n) is 5.16. The van der Waals surface area contributed by atoms with Crippen LogP contribution >= 0.6 is 11.6 Å². The number of aromatic nitrogens is 1. The maximum Gasteiger partial charge on any atom is 0.165 e. The summed E-state index contributed by atoms with van der Waals surface area (Å²) in [6.07, 6.45) is 1.43. The van der Waals surface area contributed by atoms with E-state index in [9.17, 15) is 4.79 Å². The molecule has 27 heavy (non-hydrogen) atoms. The van der Waals surface area contributed by atoms with Gasteiger partial charge in [-0.15, -0.1) is 0 Å². The Balaban J connectivity index is 1.95. The van der Waals surface area contributed by atoms with E-state index in [0.29, 0.717) is 11.4 Å². The minimum Gasteiger partial charge on any atom is -0.497 e. The van der Waals surface area contributed by atoms with Crippen LogP contribution in [0.4, 0.5) is 0 Å². The fourth-order valence-electron chi connectivity index (χ4n) is 3.87. The fourth-order valence-corrected chi connectivity index (χ4v) is 4.00. The van der Waals surface area contributed by atoms with Gasteiger partial charge in [0.25, 0.3) is 0 Å². The number of hydrogen-bond donors (Lipinski definition) is 0. The van der Waals surface area contributed by atoms with Crippen molar-refractivity contribution < 1.29 is 9.53 Å². The van der Waals surface area contributed by atoms with E-state index < -0.39 is 0 Å². The summed E-state index contributed by atoms with van der Waals surface area (Å²) in [6.45, 7) is 4.31. The van der Waals surface area contributed by atoms with Crippen LogP contribution in [0.1, 0.15) is 36.3 Å². The summed E-state index contributed by atoms with van der Waals surface area (Å²) in [6, 6.07) is 17.7. The molecule has 3 aromatic rings. The highest BCUT2D eigenvalue weighted by Gasteiger charge is 2.34. The van der Waals surface area contributed by atoms with Crippen molar-refractivity contribution in [3.8, 4) is 22.7 Å². The molecule has 1 heterocycles. The molecule has 2 aromatic carbocycles. The quantitative estimate of drug-likeness (QED) is 0.562. The molecular formula is C23H22ClNO2. The van der Waals surface area contributed by atoms with Crippen molar-refractivity contribution in [1.29, 1.82) is 0 Å². The Morgan fingerprint density at radius 3 is 2.30 bits per heavy atom. The van der Waals surface area contributed by atoms with Crippen LogP contribution in [0, 0.1) is 5.41 Å². The average Bonchev–Trinajstić information content (AvgIpc) is 3.01. The Morgan fingerprint density at radius 2 is 1.67 bits per heavy atom. The topological polar surface area (TPSA) is 31.2 Å². The van der Waals surface area contributed by atoms with Gasteiger partial charge in [0.1, 0.15) is 5.75 Å². The molecule has 0 bridgehead atoms. The second kappa shape index (κ2) is 6.58. The Hall–Kier alpha value is -2.52. The van der Waals surface area contributed by atoms with Crippen LogP contribution in [0.3, 0.4) is 0 Å². The third-order valence-corrected chi connectivity index (χ3v) is 5.41. The molecule has 1 aliphatic rings. The number of ether oxygens (including phenoxy) is 1. The minimum atomic E-state index is -0.0517. The van der Waals surface area contributed by atoms with Crippen LogP contribution in [-0.2, 0) is 6.42 Å². The van der Waals surface area contributed by atoms with Crippen molar-refractivity contribution >= 4 is 17.4 Å². The number of Topliss-reactive ketones (excluding diaryl/α,β-unsaturated/α-hetero) is 1. The summed E-state index contributed by atoms with van der Waals surface area (Å²) < 4.78 is 7.50. The molecule has 0 amide bonds. The van der Waals surface area contributed by atoms with E-state index in [0.717, 1.165) is 40.4 Å². The highest BCUT2D eigenvalue weighted by molar-refractivity contribution is 6.30. The first-order valence-electron chi connectivity index (χ1n) is 9.06. The lowest BCUT2D eigenvalue weighted by molar-refractivity contribution is 0.0911. The number of benzene rings is 2. The zero-order valence-corrected chi connectivity index (χ0v) is 16.5. The van der Waals surface area contributed by atoms with Gasteiger partial charge >= 0.3 is 0 Å². The molecule has 138 valence electrons. The summed E-state index contributed by atoms with van der Waals surface area (Å²) in [5.41, 5.74) is 4.92. The molecule has 3 nitrogen and oxygen atoms in total. The van der Waals surface area contributed by atoms with E-state index in [1.54, 1.807) is 7.11 Å². The molecule has 0 N–H and O–H groups in total. The van der Waals surface area contributed by atoms with Crippen molar-refractivity contribution in [2.24, 2.45) is 5.41 Å². The van der Waals surface area contributed by atoms with Crippen molar-refractivity contribution in [3.63, 3.8) is 0 Å². The molecule has 0 radical (unpaired) electrons. The second-order valence-corrected chi connectivity index (χ2v) is 8.31. The van der Waals surface area contributed by atoms with Gasteiger partial charge in [-0.1, -0.05) is 37.6 Å². The molecule has 0 atom stereocenters. The van der Waals surface area contributed by atoms with Crippen molar-refractivity contribution in [3.05, 3.63) is 70.9 Å². The molecule has 1 aliphatic carbocycles. The SMILES string of the molecule is COc1ccc(-n2c(-c3ccc(Cl)cc3)cc3c2CC(C)(C)CC3=O)cc1. The molecule has 0 spiro atoms. The number of methoxy groups -OCH3 is 1. The van der Waals surface area contributed by atoms with Crippen molar-refractivity contribution in [2.45, 2.75) is 26.7 Å². The average molecular weight is 380 g/mol. The van der Waals surface area contributed by atoms with Gasteiger partial charge in [0, 0.05) is 28.4 Å². The normalized spacial score (nSPS) is 15.5. The summed E-state index contributed by atoms with van der Waals surface area (Å²) in [5, 5.41) is 0.697. The largest absolute Gasteiger partial charge is 0.497 e. The number of ketones is 1. The number of carbonyl (C=O) groups excluding carboxylic acids is 1. The highest BCUT2D eigenvalue weighted by Crippen LogP contribution is 2.40. The van der Waals surface area contributed by atoms with E-state index >= 15 is 0 Å². The van der Waals surface area contributed by atoms with Gasteiger partial charge in [0.05, 0.1) is 12.8 Å². The van der Waals surface area contributed by atoms with Crippen LogP contribution < -0.4 is 4.74 Å². The van der Waals surface area contributed by atoms with Gasteiger partial charge in [-0.3, -0.25) is 4.79 Å². The molecular weight excluding hydrogens is 358 g/mol. The fraction of sp³-hybridized carbons (Fsp3) is 0.261. The lowest BCUT2D eigenvalue weighted by Crippen LogP contribution is -2.27. The van der Waals surface area contributed by atoms with Gasteiger partial charge in [0.15, 0.2) is 5.78 Å². The minimum absolute atomic E-state index is 0.0517. The van der Waals surface area contributed by atoms with Crippen LogP contribution in [0.15, 0.2) is 54.6 Å². The lowest BCUT2D eigenvalue weighted by Gasteiger charge is -2.30. The number of nitrogens with zero attached hydrogens (tertiary/aromatic N) is 1. The first-order chi connectivity index (χ1) is 12.9. The molecule has 0 saturated heterocycles. The maximum atomic E-state index is 12.8. The van der Waals surface area contributed by atoms with E-state index in [4.69, 9.17) is 16.3 Å². The Bertz CT molecular complexity index is 998. The van der Waals surface area contributed by atoms with Crippen molar-refractivity contribution in [1.82, 2.24) is 4.57 Å². The van der Waals surface area contributed by atoms with Crippen LogP contribution in [-0.4, -0.2) is 17.5 Å². The zero-order chi connectivity index (χ0) is 19.2. The Labute approximate surface area is 164 Å². The molecule has 0 fully saturated rings. The maximum absolute atomic E-state index is 12.8. The standard InChI is InChI=1S/C23H22ClNO2/c1-23(2)13-21-19(22(26)14-23)12-20(15-4-6-16(24)7-5-15)25(21)17-8-10-18(27-3)11-9-17/h4-12H,13-14H2,1-3H3. The first kappa shape index (κ1) is 17.9. The number of carbonyl (C=O) groups is 1. The number of rotatable bonds is 3. The molecule has 4 heteroatoms. The molecule has 4 rings (SSSR count). The second-order valence-electron chi connectivity index (χ2n) is 7.87. The van der Waals surface area contributed by atoms with Crippen LogP contribution in [0.25, 0.3) is 16.9 Å². The van der Waals surface area contributed by atoms with Crippen LogP contribution in [0.5, 0.6) is 5.75 Å². The summed E-state index contributed by atoms with van der Waals surface area (Å²) in [5.74, 6) is 1.02. The summed E-state index contributed by atoms with van der Waals surface area (Å²) >= 11 is 6.08. The van der Waals surface area contributed by atoms with Crippen molar-refractivity contribution in [2.75, 3.05) is 7.11 Å². The number of fused-ring (bicyclic) bond motifs is 1. The lowest BCUT2D eigenvalue weighted by atomic mass is 9.76. The molecule has 0 aliphatic heterocycles. The Morgan fingerprint density at radius 1 is 1.00 bits per heavy atom. The third kappa shape index (κ3) is 3.28. The highest BCUT2D eigenvalue weighted by atomic mass is 35.5. The Kier molecular flexibility index (Phi) is 4.35. The van der Waals surface area contributed by atoms with Gasteiger partial charge < -0.3 is 9.30 Å². The van der Waals surface area contributed by atoms with E-state index in [1.807, 2.05) is 54.6 Å². The first-order valence-corrected chi connectivity index (χ1v) is 9.44. The number of hydrogen-bond acceptors (Lipinski definition) is 2. The van der Waals surface area contributed by atoms with Gasteiger partial charge in [0.2, 0.25) is 0 Å². The summed E-state index contributed by atoms with van der Waals surface area (Å²) in [7, 11) is 1.66. The monoisotopic (exact) mass is 379 g/mol. The predicted octanol–water partition coefficient (Wildman–Crippen LogP) is 5.96. The van der Waals surface area contributed by atoms with E-state index in [-0.39, 0.29) is 11.2 Å². The van der Waals surface area contributed by atoms with Crippen LogP contribution in [0.2, 0.25) is 5.02 Å². The number of halogens is 1.